The standard InChI is InChI=1S/C16H24N4O4S/c1-4-15(21)19-5-6-20(14-9-25(23,24)8-13(14)19)16(22)12-7-11(10(2)3)17-18-12/h7,10,13-14H,4-6,8-9H2,1-3H3,(H,17,18)/t13-,14+/m1/s1. The molecule has 2 atom stereocenters. The number of fused-ring (bicyclic) bond motifs is 1. The van der Waals surface area contributed by atoms with E-state index in [1.54, 1.807) is 22.8 Å². The van der Waals surface area contributed by atoms with Crippen molar-refractivity contribution in [3.63, 3.8) is 0 Å². The third-order valence-corrected chi connectivity index (χ3v) is 6.70. The van der Waals surface area contributed by atoms with E-state index < -0.39 is 21.9 Å². The molecule has 1 aromatic heterocycles. The fourth-order valence-electron chi connectivity index (χ4n) is 3.61. The Hall–Kier alpha value is -1.90. The molecule has 1 aromatic rings. The summed E-state index contributed by atoms with van der Waals surface area (Å²) in [5.74, 6) is -0.309. The monoisotopic (exact) mass is 368 g/mol. The van der Waals surface area contributed by atoms with Gasteiger partial charge in [-0.05, 0) is 12.0 Å². The first kappa shape index (κ1) is 17.9. The Morgan fingerprint density at radius 3 is 2.40 bits per heavy atom. The van der Waals surface area contributed by atoms with Gasteiger partial charge in [-0.25, -0.2) is 8.42 Å². The molecular weight excluding hydrogens is 344 g/mol. The first-order valence-electron chi connectivity index (χ1n) is 8.59. The number of hydrogen-bond donors (Lipinski definition) is 1. The van der Waals surface area contributed by atoms with Crippen molar-refractivity contribution in [1.82, 2.24) is 20.0 Å². The van der Waals surface area contributed by atoms with Crippen molar-refractivity contribution < 1.29 is 18.0 Å². The minimum atomic E-state index is -3.28. The average Bonchev–Trinajstić information content (AvgIpc) is 3.15. The molecule has 3 rings (SSSR count). The van der Waals surface area contributed by atoms with Crippen LogP contribution in [0, 0.1) is 0 Å². The number of hydrogen-bond acceptors (Lipinski definition) is 5. The molecule has 2 amide bonds. The molecule has 2 aliphatic heterocycles. The molecular formula is C16H24N4O4S. The van der Waals surface area contributed by atoms with E-state index in [1.165, 1.54) is 0 Å². The van der Waals surface area contributed by atoms with Gasteiger partial charge >= 0.3 is 0 Å². The lowest BCUT2D eigenvalue weighted by Gasteiger charge is -2.43. The second-order valence-corrected chi connectivity index (χ2v) is 9.17. The fraction of sp³-hybridized carbons (Fsp3) is 0.688. The maximum atomic E-state index is 12.9. The van der Waals surface area contributed by atoms with Gasteiger partial charge in [0.1, 0.15) is 5.69 Å². The van der Waals surface area contributed by atoms with Gasteiger partial charge in [-0.1, -0.05) is 20.8 Å². The molecule has 0 spiro atoms. The quantitative estimate of drug-likeness (QED) is 0.831. The number of amides is 2. The average molecular weight is 368 g/mol. The fourth-order valence-corrected chi connectivity index (χ4v) is 5.59. The summed E-state index contributed by atoms with van der Waals surface area (Å²) in [6.07, 6.45) is 0.328. The summed E-state index contributed by atoms with van der Waals surface area (Å²) in [4.78, 5) is 28.2. The van der Waals surface area contributed by atoms with Crippen molar-refractivity contribution in [1.29, 1.82) is 0 Å². The lowest BCUT2D eigenvalue weighted by Crippen LogP contribution is -2.61. The minimum Gasteiger partial charge on any atom is -0.335 e. The highest BCUT2D eigenvalue weighted by Gasteiger charge is 2.49. The zero-order valence-corrected chi connectivity index (χ0v) is 15.5. The Labute approximate surface area is 147 Å². The van der Waals surface area contributed by atoms with Gasteiger partial charge in [0.2, 0.25) is 5.91 Å². The number of nitrogens with zero attached hydrogens (tertiary/aromatic N) is 3. The zero-order chi connectivity index (χ0) is 18.4. The number of aromatic nitrogens is 2. The van der Waals surface area contributed by atoms with Crippen molar-refractivity contribution in [2.75, 3.05) is 24.6 Å². The highest BCUT2D eigenvalue weighted by Crippen LogP contribution is 2.28. The van der Waals surface area contributed by atoms with Crippen LogP contribution in [0.5, 0.6) is 0 Å². The molecule has 2 aliphatic rings. The van der Waals surface area contributed by atoms with Crippen molar-refractivity contribution >= 4 is 21.7 Å². The number of piperazine rings is 1. The molecule has 9 heteroatoms. The maximum absolute atomic E-state index is 12.9. The van der Waals surface area contributed by atoms with E-state index in [4.69, 9.17) is 0 Å². The number of carbonyl (C=O) groups is 2. The van der Waals surface area contributed by atoms with E-state index in [9.17, 15) is 18.0 Å². The van der Waals surface area contributed by atoms with Crippen molar-refractivity contribution in [2.45, 2.75) is 45.2 Å². The van der Waals surface area contributed by atoms with Crippen LogP contribution in [-0.2, 0) is 14.6 Å². The van der Waals surface area contributed by atoms with Gasteiger partial charge in [0, 0.05) is 25.2 Å². The van der Waals surface area contributed by atoms with Gasteiger partial charge in [-0.15, -0.1) is 0 Å². The summed E-state index contributed by atoms with van der Waals surface area (Å²) in [6, 6.07) is 0.759. The van der Waals surface area contributed by atoms with Crippen molar-refractivity contribution in [2.24, 2.45) is 0 Å². The third-order valence-electron chi connectivity index (χ3n) is 5.00. The van der Waals surface area contributed by atoms with Crippen LogP contribution in [0.1, 0.15) is 49.3 Å². The first-order valence-corrected chi connectivity index (χ1v) is 10.4. The highest BCUT2D eigenvalue weighted by molar-refractivity contribution is 7.91. The maximum Gasteiger partial charge on any atom is 0.274 e. The normalized spacial score (nSPS) is 25.3. The second kappa shape index (κ2) is 6.44. The molecule has 0 unspecified atom stereocenters. The molecule has 1 N–H and O–H groups in total. The van der Waals surface area contributed by atoms with Gasteiger partial charge in [-0.3, -0.25) is 14.7 Å². The summed E-state index contributed by atoms with van der Waals surface area (Å²) in [6.45, 7) is 6.43. The van der Waals surface area contributed by atoms with Gasteiger partial charge < -0.3 is 9.80 Å². The molecule has 3 heterocycles. The number of carbonyl (C=O) groups excluding carboxylic acids is 2. The molecule has 25 heavy (non-hydrogen) atoms. The van der Waals surface area contributed by atoms with E-state index in [2.05, 4.69) is 10.2 Å². The Morgan fingerprint density at radius 1 is 1.24 bits per heavy atom. The van der Waals surface area contributed by atoms with E-state index in [1.807, 2.05) is 13.8 Å². The largest absolute Gasteiger partial charge is 0.335 e. The molecule has 0 saturated carbocycles. The second-order valence-electron chi connectivity index (χ2n) is 7.01. The topological polar surface area (TPSA) is 103 Å². The summed E-state index contributed by atoms with van der Waals surface area (Å²) in [7, 11) is -3.28. The molecule has 2 saturated heterocycles. The van der Waals surface area contributed by atoms with E-state index >= 15 is 0 Å². The lowest BCUT2D eigenvalue weighted by molar-refractivity contribution is -0.135. The highest BCUT2D eigenvalue weighted by atomic mass is 32.2. The number of sulfone groups is 1. The molecule has 138 valence electrons. The van der Waals surface area contributed by atoms with Crippen LogP contribution in [0.3, 0.4) is 0 Å². The molecule has 0 aliphatic carbocycles. The number of nitrogens with one attached hydrogen (secondary N) is 1. The predicted molar refractivity (Wildman–Crippen MR) is 91.9 cm³/mol. The SMILES string of the molecule is CCC(=O)N1CCN(C(=O)c2cc(C(C)C)[nH]n2)[C@H]2CS(=O)(=O)C[C@H]21. The van der Waals surface area contributed by atoms with Gasteiger partial charge in [0.15, 0.2) is 9.84 Å². The molecule has 0 aromatic carbocycles. The Bertz CT molecular complexity index is 786. The minimum absolute atomic E-state index is 0.0685. The molecule has 0 radical (unpaired) electrons. The molecule has 8 nitrogen and oxygen atoms in total. The summed E-state index contributed by atoms with van der Waals surface area (Å²) in [5, 5.41) is 6.94. The first-order chi connectivity index (χ1) is 11.7. The lowest BCUT2D eigenvalue weighted by atomic mass is 10.0. The van der Waals surface area contributed by atoms with E-state index in [0.717, 1.165) is 5.69 Å². The van der Waals surface area contributed by atoms with Crippen LogP contribution in [-0.4, -0.2) is 76.9 Å². The van der Waals surface area contributed by atoms with Crippen LogP contribution in [0.25, 0.3) is 0 Å². The molecule has 2 fully saturated rings. The van der Waals surface area contributed by atoms with Gasteiger partial charge in [0.05, 0.1) is 23.6 Å². The predicted octanol–water partition coefficient (Wildman–Crippen LogP) is 0.393. The van der Waals surface area contributed by atoms with E-state index in [0.29, 0.717) is 25.2 Å². The summed E-state index contributed by atoms with van der Waals surface area (Å²) >= 11 is 0. The van der Waals surface area contributed by atoms with Crippen molar-refractivity contribution in [3.8, 4) is 0 Å². The zero-order valence-electron chi connectivity index (χ0n) is 14.7. The Balaban J connectivity index is 1.87. The van der Waals surface area contributed by atoms with Crippen molar-refractivity contribution in [3.05, 3.63) is 17.5 Å². The Kier molecular flexibility index (Phi) is 4.61. The van der Waals surface area contributed by atoms with Gasteiger partial charge in [-0.2, -0.15) is 5.10 Å². The van der Waals surface area contributed by atoms with Gasteiger partial charge in [0.25, 0.3) is 5.91 Å². The summed E-state index contributed by atoms with van der Waals surface area (Å²) < 4.78 is 24.3. The van der Waals surface area contributed by atoms with Crippen LogP contribution in [0.4, 0.5) is 0 Å². The molecule has 0 bridgehead atoms. The number of rotatable bonds is 3. The van der Waals surface area contributed by atoms with Crippen LogP contribution < -0.4 is 0 Å². The smallest absolute Gasteiger partial charge is 0.274 e. The number of H-pyrrole nitrogens is 1. The van der Waals surface area contributed by atoms with E-state index in [-0.39, 0.29) is 29.2 Å². The third kappa shape index (κ3) is 3.29. The van der Waals surface area contributed by atoms with Crippen LogP contribution in [0.15, 0.2) is 6.07 Å². The van der Waals surface area contributed by atoms with Crippen LogP contribution in [0.2, 0.25) is 0 Å². The van der Waals surface area contributed by atoms with Crippen LogP contribution >= 0.6 is 0 Å². The number of aromatic amines is 1. The Morgan fingerprint density at radius 2 is 1.84 bits per heavy atom. The summed E-state index contributed by atoms with van der Waals surface area (Å²) in [5.41, 5.74) is 1.15.